The van der Waals surface area contributed by atoms with Crippen LogP contribution in [0.25, 0.3) is 16.6 Å². The third kappa shape index (κ3) is 5.13. The Hall–Kier alpha value is -4.52. The summed E-state index contributed by atoms with van der Waals surface area (Å²) in [6, 6.07) is 23.6. The van der Waals surface area contributed by atoms with E-state index in [-0.39, 0.29) is 17.9 Å². The second kappa shape index (κ2) is 10.1. The van der Waals surface area contributed by atoms with Crippen LogP contribution in [0.3, 0.4) is 0 Å². The van der Waals surface area contributed by atoms with Crippen LogP contribution in [0.2, 0.25) is 0 Å². The topological polar surface area (TPSA) is 73.7 Å². The van der Waals surface area contributed by atoms with Crippen LogP contribution in [0.5, 0.6) is 5.75 Å². The lowest BCUT2D eigenvalue weighted by Gasteiger charge is -2.22. The van der Waals surface area contributed by atoms with Gasteiger partial charge in [-0.2, -0.15) is 5.10 Å². The molecule has 0 atom stereocenters. The van der Waals surface area contributed by atoms with E-state index < -0.39 is 5.91 Å². The molecule has 2 aromatic carbocycles. The predicted molar refractivity (Wildman–Crippen MR) is 150 cm³/mol. The molecule has 0 saturated carbocycles. The molecule has 0 aliphatic heterocycles. The second-order valence-corrected chi connectivity index (χ2v) is 10.3. The standard InChI is InChI=1S/C31H32N4O3/c1-21-10-11-22(2)35(21)24-12-14-25(15-13-24)37-20-26-16-17-29(38-26)30(36)33-32-18-23-19-34(31(3,4)5)28-9-7-6-8-27(23)28/h6-19H,20H2,1-5H3,(H,33,36)/b32-18+. The molecule has 1 amide bonds. The van der Waals surface area contributed by atoms with E-state index >= 15 is 0 Å². The number of carbonyl (C=O) groups excluding carboxylic acids is 1. The van der Waals surface area contributed by atoms with E-state index in [1.54, 1.807) is 18.3 Å². The number of aromatic nitrogens is 2. The Kier molecular flexibility index (Phi) is 6.68. The summed E-state index contributed by atoms with van der Waals surface area (Å²) in [6.45, 7) is 10.8. The number of aryl methyl sites for hydroxylation is 2. The summed E-state index contributed by atoms with van der Waals surface area (Å²) >= 11 is 0. The minimum atomic E-state index is -0.422. The lowest BCUT2D eigenvalue weighted by molar-refractivity contribution is 0.0923. The van der Waals surface area contributed by atoms with Crippen molar-refractivity contribution < 1.29 is 13.9 Å². The minimum Gasteiger partial charge on any atom is -0.486 e. The average molecular weight is 509 g/mol. The number of ether oxygens (including phenoxy) is 1. The van der Waals surface area contributed by atoms with E-state index in [2.05, 4.69) is 84.7 Å². The average Bonchev–Trinajstić information content (AvgIpc) is 3.60. The van der Waals surface area contributed by atoms with Crippen molar-refractivity contribution in [2.24, 2.45) is 5.10 Å². The number of fused-ring (bicyclic) bond motifs is 1. The molecule has 0 radical (unpaired) electrons. The minimum absolute atomic E-state index is 0.0791. The van der Waals surface area contributed by atoms with E-state index in [1.165, 1.54) is 11.4 Å². The molecule has 7 nitrogen and oxygen atoms in total. The van der Waals surface area contributed by atoms with Crippen LogP contribution < -0.4 is 10.2 Å². The Balaban J connectivity index is 1.20. The smallest absolute Gasteiger partial charge is 0.307 e. The summed E-state index contributed by atoms with van der Waals surface area (Å²) in [5, 5.41) is 5.25. The van der Waals surface area contributed by atoms with Gasteiger partial charge in [-0.3, -0.25) is 4.79 Å². The van der Waals surface area contributed by atoms with Gasteiger partial charge >= 0.3 is 5.91 Å². The normalized spacial score (nSPS) is 11.9. The van der Waals surface area contributed by atoms with E-state index in [0.29, 0.717) is 5.76 Å². The fourth-order valence-electron chi connectivity index (χ4n) is 4.58. The number of hydrazone groups is 1. The van der Waals surface area contributed by atoms with E-state index in [4.69, 9.17) is 9.15 Å². The number of hydrogen-bond acceptors (Lipinski definition) is 4. The van der Waals surface area contributed by atoms with Crippen molar-refractivity contribution in [3.63, 3.8) is 0 Å². The van der Waals surface area contributed by atoms with Crippen LogP contribution in [0.4, 0.5) is 0 Å². The number of para-hydroxylation sites is 1. The van der Waals surface area contributed by atoms with Gasteiger partial charge in [0.1, 0.15) is 18.1 Å². The number of rotatable bonds is 7. The Labute approximate surface area is 222 Å². The van der Waals surface area contributed by atoms with Crippen molar-refractivity contribution in [3.8, 4) is 11.4 Å². The second-order valence-electron chi connectivity index (χ2n) is 10.3. The molecule has 0 saturated heterocycles. The van der Waals surface area contributed by atoms with Crippen LogP contribution in [-0.4, -0.2) is 21.3 Å². The Morgan fingerprint density at radius 3 is 2.39 bits per heavy atom. The number of nitrogens with one attached hydrogen (secondary N) is 1. The summed E-state index contributed by atoms with van der Waals surface area (Å²) in [4.78, 5) is 12.6. The zero-order chi connectivity index (χ0) is 26.9. The SMILES string of the molecule is Cc1ccc(C)n1-c1ccc(OCc2ccc(C(=O)N/N=C/c3cn(C(C)(C)C)c4ccccc34)o2)cc1. The van der Waals surface area contributed by atoms with Gasteiger partial charge in [0, 0.05) is 45.3 Å². The monoisotopic (exact) mass is 508 g/mol. The molecule has 0 bridgehead atoms. The van der Waals surface area contributed by atoms with Crippen molar-refractivity contribution in [3.05, 3.63) is 107 Å². The van der Waals surface area contributed by atoms with Crippen LogP contribution in [-0.2, 0) is 12.1 Å². The first-order valence-corrected chi connectivity index (χ1v) is 12.6. The summed E-state index contributed by atoms with van der Waals surface area (Å²) in [6.07, 6.45) is 3.71. The number of furan rings is 1. The summed E-state index contributed by atoms with van der Waals surface area (Å²) in [7, 11) is 0. The van der Waals surface area contributed by atoms with Crippen molar-refractivity contribution >= 4 is 23.0 Å². The quantitative estimate of drug-likeness (QED) is 0.195. The third-order valence-corrected chi connectivity index (χ3v) is 6.47. The fraction of sp³-hybridized carbons (Fsp3) is 0.226. The molecular weight excluding hydrogens is 476 g/mol. The Bertz CT molecular complexity index is 1590. The largest absolute Gasteiger partial charge is 0.486 e. The van der Waals surface area contributed by atoms with Crippen molar-refractivity contribution in [2.75, 3.05) is 0 Å². The molecule has 5 rings (SSSR count). The number of benzene rings is 2. The summed E-state index contributed by atoms with van der Waals surface area (Å²) in [5.74, 6) is 1.02. The Morgan fingerprint density at radius 1 is 0.974 bits per heavy atom. The molecule has 0 aliphatic rings. The zero-order valence-electron chi connectivity index (χ0n) is 22.4. The highest BCUT2D eigenvalue weighted by atomic mass is 16.5. The fourth-order valence-corrected chi connectivity index (χ4v) is 4.58. The van der Waals surface area contributed by atoms with E-state index in [1.807, 2.05) is 36.4 Å². The van der Waals surface area contributed by atoms with Crippen LogP contribution in [0.15, 0.2) is 88.5 Å². The molecule has 0 aliphatic carbocycles. The van der Waals surface area contributed by atoms with E-state index in [0.717, 1.165) is 27.9 Å². The highest BCUT2D eigenvalue weighted by molar-refractivity contribution is 6.00. The maximum atomic E-state index is 12.6. The zero-order valence-corrected chi connectivity index (χ0v) is 22.4. The highest BCUT2D eigenvalue weighted by Crippen LogP contribution is 2.26. The lowest BCUT2D eigenvalue weighted by atomic mass is 10.1. The molecular formula is C31H32N4O3. The predicted octanol–water partition coefficient (Wildman–Crippen LogP) is 6.74. The van der Waals surface area contributed by atoms with Gasteiger partial charge < -0.3 is 18.3 Å². The summed E-state index contributed by atoms with van der Waals surface area (Å²) in [5.41, 5.74) is 7.97. The van der Waals surface area contributed by atoms with Gasteiger partial charge in [0.25, 0.3) is 0 Å². The Morgan fingerprint density at radius 2 is 1.68 bits per heavy atom. The molecule has 0 fully saturated rings. The lowest BCUT2D eigenvalue weighted by Crippen LogP contribution is -2.20. The third-order valence-electron chi connectivity index (χ3n) is 6.47. The first-order chi connectivity index (χ1) is 18.2. The molecule has 7 heteroatoms. The molecule has 3 aromatic heterocycles. The van der Waals surface area contributed by atoms with Gasteiger partial charge in [0.2, 0.25) is 0 Å². The molecule has 194 valence electrons. The number of carbonyl (C=O) groups is 1. The van der Waals surface area contributed by atoms with Gasteiger partial charge in [0.05, 0.1) is 6.21 Å². The van der Waals surface area contributed by atoms with Crippen molar-refractivity contribution in [1.82, 2.24) is 14.6 Å². The highest BCUT2D eigenvalue weighted by Gasteiger charge is 2.17. The van der Waals surface area contributed by atoms with Crippen molar-refractivity contribution in [1.29, 1.82) is 0 Å². The van der Waals surface area contributed by atoms with Crippen LogP contribution in [0.1, 0.15) is 54.0 Å². The number of nitrogens with zero attached hydrogens (tertiary/aromatic N) is 3. The van der Waals surface area contributed by atoms with Crippen molar-refractivity contribution in [2.45, 2.75) is 46.8 Å². The van der Waals surface area contributed by atoms with Gasteiger partial charge in [-0.1, -0.05) is 18.2 Å². The number of hydrogen-bond donors (Lipinski definition) is 1. The molecule has 0 unspecified atom stereocenters. The molecule has 5 aromatic rings. The first kappa shape index (κ1) is 25.1. The molecule has 3 heterocycles. The van der Waals surface area contributed by atoms with Gasteiger partial charge in [-0.25, -0.2) is 5.43 Å². The number of amides is 1. The van der Waals surface area contributed by atoms with Crippen LogP contribution >= 0.6 is 0 Å². The molecule has 0 spiro atoms. The maximum Gasteiger partial charge on any atom is 0.307 e. The van der Waals surface area contributed by atoms with Gasteiger partial charge in [-0.15, -0.1) is 0 Å². The van der Waals surface area contributed by atoms with Gasteiger partial charge in [-0.05, 0) is 89.2 Å². The molecule has 38 heavy (non-hydrogen) atoms. The first-order valence-electron chi connectivity index (χ1n) is 12.6. The summed E-state index contributed by atoms with van der Waals surface area (Å²) < 4.78 is 15.9. The molecule has 1 N–H and O–H groups in total. The van der Waals surface area contributed by atoms with Crippen LogP contribution in [0, 0.1) is 13.8 Å². The van der Waals surface area contributed by atoms with E-state index in [9.17, 15) is 4.79 Å². The van der Waals surface area contributed by atoms with Gasteiger partial charge in [0.15, 0.2) is 5.76 Å². The maximum absolute atomic E-state index is 12.6.